The monoisotopic (exact) mass is 278 g/mol. The van der Waals surface area contributed by atoms with Gasteiger partial charge in [0.2, 0.25) is 5.91 Å². The van der Waals surface area contributed by atoms with Gasteiger partial charge in [-0.1, -0.05) is 0 Å². The summed E-state index contributed by atoms with van der Waals surface area (Å²) in [4.78, 5) is 33.2. The van der Waals surface area contributed by atoms with Crippen LogP contribution in [0.15, 0.2) is 12.4 Å². The first-order valence-electron chi connectivity index (χ1n) is 6.53. The van der Waals surface area contributed by atoms with Gasteiger partial charge in [0.25, 0.3) is 0 Å². The molecular formula is C13H18N4O3. The van der Waals surface area contributed by atoms with Gasteiger partial charge in [-0.2, -0.15) is 0 Å². The van der Waals surface area contributed by atoms with E-state index in [1.165, 1.54) is 0 Å². The van der Waals surface area contributed by atoms with Gasteiger partial charge in [0.05, 0.1) is 23.9 Å². The number of hydrogen-bond acceptors (Lipinski definition) is 5. The molecule has 1 aliphatic heterocycles. The van der Waals surface area contributed by atoms with E-state index in [0.29, 0.717) is 13.1 Å². The molecular weight excluding hydrogens is 260 g/mol. The molecule has 1 amide bonds. The second-order valence-electron chi connectivity index (χ2n) is 4.85. The lowest BCUT2D eigenvalue weighted by Crippen LogP contribution is -2.56. The van der Waals surface area contributed by atoms with Gasteiger partial charge in [-0.3, -0.25) is 24.5 Å². The summed E-state index contributed by atoms with van der Waals surface area (Å²) >= 11 is 0. The average molecular weight is 278 g/mol. The summed E-state index contributed by atoms with van der Waals surface area (Å²) in [5.41, 5.74) is 1.57. The molecule has 0 saturated carbocycles. The highest BCUT2D eigenvalue weighted by atomic mass is 16.4. The average Bonchev–Trinajstić information content (AvgIpc) is 2.40. The van der Waals surface area contributed by atoms with E-state index >= 15 is 0 Å². The van der Waals surface area contributed by atoms with Crippen molar-refractivity contribution in [2.75, 3.05) is 13.1 Å². The molecule has 2 unspecified atom stereocenters. The smallest absolute Gasteiger partial charge is 0.305 e. The predicted molar refractivity (Wildman–Crippen MR) is 70.9 cm³/mol. The van der Waals surface area contributed by atoms with E-state index in [1.54, 1.807) is 12.4 Å². The molecule has 0 aromatic carbocycles. The minimum absolute atomic E-state index is 0.154. The number of carbonyl (C=O) groups is 2. The molecule has 20 heavy (non-hydrogen) atoms. The van der Waals surface area contributed by atoms with Crippen molar-refractivity contribution in [2.45, 2.75) is 32.4 Å². The normalized spacial score (nSPS) is 21.3. The third-order valence-electron chi connectivity index (χ3n) is 3.55. The van der Waals surface area contributed by atoms with Gasteiger partial charge in [0.1, 0.15) is 6.04 Å². The Morgan fingerprint density at radius 3 is 2.90 bits per heavy atom. The lowest BCUT2D eigenvalue weighted by molar-refractivity contribution is -0.144. The Morgan fingerprint density at radius 2 is 2.25 bits per heavy atom. The van der Waals surface area contributed by atoms with E-state index in [9.17, 15) is 9.59 Å². The Bertz CT molecular complexity index is 520. The molecule has 1 aliphatic rings. The number of aryl methyl sites for hydroxylation is 1. The maximum Gasteiger partial charge on any atom is 0.305 e. The second kappa shape index (κ2) is 5.96. The number of hydrogen-bond donors (Lipinski definition) is 2. The molecule has 7 heteroatoms. The van der Waals surface area contributed by atoms with Crippen molar-refractivity contribution in [3.05, 3.63) is 23.8 Å². The number of carboxylic acid groups (broad SMARTS) is 1. The summed E-state index contributed by atoms with van der Waals surface area (Å²) in [7, 11) is 0. The van der Waals surface area contributed by atoms with Crippen LogP contribution in [0, 0.1) is 6.92 Å². The minimum atomic E-state index is -0.986. The van der Waals surface area contributed by atoms with Crippen LogP contribution in [0.1, 0.15) is 30.8 Å². The molecule has 108 valence electrons. The zero-order valence-electron chi connectivity index (χ0n) is 11.5. The SMILES string of the molecule is Cc1nccnc1C(C)N1CCNC(=O)C1CC(=O)O. The standard InChI is InChI=1S/C13H18N4O3/c1-8-12(15-4-3-14-8)9(2)17-6-5-16-13(20)10(17)7-11(18)19/h3-4,9-10H,5-7H2,1-2H3,(H,16,20)(H,18,19). The maximum atomic E-state index is 11.9. The van der Waals surface area contributed by atoms with Crippen molar-refractivity contribution >= 4 is 11.9 Å². The fourth-order valence-electron chi connectivity index (χ4n) is 2.56. The van der Waals surface area contributed by atoms with Crippen molar-refractivity contribution in [3.8, 4) is 0 Å². The van der Waals surface area contributed by atoms with Gasteiger partial charge < -0.3 is 10.4 Å². The van der Waals surface area contributed by atoms with E-state index in [2.05, 4.69) is 15.3 Å². The van der Waals surface area contributed by atoms with E-state index < -0.39 is 12.0 Å². The molecule has 0 aliphatic carbocycles. The van der Waals surface area contributed by atoms with Gasteiger partial charge >= 0.3 is 5.97 Å². The minimum Gasteiger partial charge on any atom is -0.481 e. The molecule has 1 fully saturated rings. The molecule has 0 spiro atoms. The third-order valence-corrected chi connectivity index (χ3v) is 3.55. The molecule has 2 heterocycles. The Morgan fingerprint density at radius 1 is 1.55 bits per heavy atom. The topological polar surface area (TPSA) is 95.4 Å². The van der Waals surface area contributed by atoms with Gasteiger partial charge in [-0.25, -0.2) is 0 Å². The van der Waals surface area contributed by atoms with Crippen molar-refractivity contribution in [1.29, 1.82) is 0 Å². The summed E-state index contributed by atoms with van der Waals surface area (Å²) in [6.07, 6.45) is 3.01. The van der Waals surface area contributed by atoms with Crippen molar-refractivity contribution < 1.29 is 14.7 Å². The van der Waals surface area contributed by atoms with Crippen LogP contribution >= 0.6 is 0 Å². The molecule has 0 radical (unpaired) electrons. The van der Waals surface area contributed by atoms with Crippen LogP contribution in [-0.4, -0.2) is 51.0 Å². The lowest BCUT2D eigenvalue weighted by Gasteiger charge is -2.38. The number of amides is 1. The first-order chi connectivity index (χ1) is 9.50. The number of rotatable bonds is 4. The fourth-order valence-corrected chi connectivity index (χ4v) is 2.56. The number of nitrogens with one attached hydrogen (secondary N) is 1. The van der Waals surface area contributed by atoms with Crippen LogP contribution in [0.4, 0.5) is 0 Å². The fraction of sp³-hybridized carbons (Fsp3) is 0.538. The summed E-state index contributed by atoms with van der Waals surface area (Å²) in [5.74, 6) is -1.23. The van der Waals surface area contributed by atoms with Crippen molar-refractivity contribution in [1.82, 2.24) is 20.2 Å². The lowest BCUT2D eigenvalue weighted by atomic mass is 10.0. The van der Waals surface area contributed by atoms with Gasteiger partial charge in [-0.15, -0.1) is 0 Å². The summed E-state index contributed by atoms with van der Waals surface area (Å²) in [5, 5.41) is 11.7. The van der Waals surface area contributed by atoms with E-state index in [1.807, 2.05) is 18.7 Å². The van der Waals surface area contributed by atoms with Gasteiger partial charge in [0, 0.05) is 25.5 Å². The molecule has 7 nitrogen and oxygen atoms in total. The number of aliphatic carboxylic acids is 1. The highest BCUT2D eigenvalue weighted by Gasteiger charge is 2.35. The third kappa shape index (κ3) is 2.93. The van der Waals surface area contributed by atoms with Gasteiger partial charge in [-0.05, 0) is 13.8 Å². The molecule has 2 rings (SSSR count). The molecule has 1 aromatic heterocycles. The predicted octanol–water partition coefficient (Wildman–Crippen LogP) is 0.121. The first kappa shape index (κ1) is 14.4. The zero-order valence-corrected chi connectivity index (χ0v) is 11.5. The quantitative estimate of drug-likeness (QED) is 0.812. The number of piperazine rings is 1. The Hall–Kier alpha value is -2.02. The molecule has 2 N–H and O–H groups in total. The molecule has 0 bridgehead atoms. The second-order valence-corrected chi connectivity index (χ2v) is 4.85. The summed E-state index contributed by atoms with van der Waals surface area (Å²) in [6.45, 7) is 4.89. The van der Waals surface area contributed by atoms with Crippen molar-refractivity contribution in [2.24, 2.45) is 0 Å². The van der Waals surface area contributed by atoms with Gasteiger partial charge in [0.15, 0.2) is 0 Å². The number of nitrogens with zero attached hydrogens (tertiary/aromatic N) is 3. The van der Waals surface area contributed by atoms with Crippen LogP contribution in [0.2, 0.25) is 0 Å². The Balaban J connectivity index is 2.25. The Labute approximate surface area is 117 Å². The highest BCUT2D eigenvalue weighted by molar-refractivity contribution is 5.86. The van der Waals surface area contributed by atoms with Crippen LogP contribution < -0.4 is 5.32 Å². The van der Waals surface area contributed by atoms with Crippen LogP contribution in [0.5, 0.6) is 0 Å². The first-order valence-corrected chi connectivity index (χ1v) is 6.53. The summed E-state index contributed by atoms with van der Waals surface area (Å²) in [6, 6.07) is -0.822. The van der Waals surface area contributed by atoms with E-state index in [4.69, 9.17) is 5.11 Å². The molecule has 2 atom stereocenters. The largest absolute Gasteiger partial charge is 0.481 e. The molecule has 1 aromatic rings. The van der Waals surface area contributed by atoms with Crippen molar-refractivity contribution in [3.63, 3.8) is 0 Å². The number of aromatic nitrogens is 2. The highest BCUT2D eigenvalue weighted by Crippen LogP contribution is 2.24. The number of carboxylic acids is 1. The van der Waals surface area contributed by atoms with E-state index in [0.717, 1.165) is 11.4 Å². The zero-order chi connectivity index (χ0) is 14.7. The Kier molecular flexibility index (Phi) is 4.29. The number of carbonyl (C=O) groups excluding carboxylic acids is 1. The van der Waals surface area contributed by atoms with Crippen LogP contribution in [0.25, 0.3) is 0 Å². The molecule has 1 saturated heterocycles. The van der Waals surface area contributed by atoms with Crippen LogP contribution in [-0.2, 0) is 9.59 Å². The van der Waals surface area contributed by atoms with E-state index in [-0.39, 0.29) is 18.4 Å². The van der Waals surface area contributed by atoms with Crippen LogP contribution in [0.3, 0.4) is 0 Å². The maximum absolute atomic E-state index is 11.9. The summed E-state index contributed by atoms with van der Waals surface area (Å²) < 4.78 is 0.